The lowest BCUT2D eigenvalue weighted by Crippen LogP contribution is -2.54. The molecule has 5 nitrogen and oxygen atoms in total. The molecule has 0 radical (unpaired) electrons. The first kappa shape index (κ1) is 12.4. The predicted molar refractivity (Wildman–Crippen MR) is 67.9 cm³/mol. The monoisotopic (exact) mass is 238 g/mol. The number of piperidine rings is 1. The molecule has 5 heteroatoms. The first-order chi connectivity index (χ1) is 8.02. The summed E-state index contributed by atoms with van der Waals surface area (Å²) in [5.41, 5.74) is -0.400. The summed E-state index contributed by atoms with van der Waals surface area (Å²) in [6.45, 7) is 6.90. The number of hydrogen-bond donors (Lipinski definition) is 2. The second kappa shape index (κ2) is 4.64. The maximum Gasteiger partial charge on any atom is 0.252 e. The number of rotatable bonds is 2. The molecule has 96 valence electrons. The van der Waals surface area contributed by atoms with Gasteiger partial charge in [0.2, 0.25) is 0 Å². The van der Waals surface area contributed by atoms with Gasteiger partial charge in [0.25, 0.3) is 5.91 Å². The smallest absolute Gasteiger partial charge is 0.252 e. The molecule has 0 aromatic rings. The van der Waals surface area contributed by atoms with Crippen molar-refractivity contribution < 1.29 is 4.79 Å². The van der Waals surface area contributed by atoms with Crippen LogP contribution in [-0.4, -0.2) is 49.0 Å². The van der Waals surface area contributed by atoms with E-state index in [2.05, 4.69) is 41.4 Å². The summed E-state index contributed by atoms with van der Waals surface area (Å²) in [6.07, 6.45) is 1.71. The number of nitrogens with zero attached hydrogens (tertiary/aromatic N) is 2. The Kier molecular flexibility index (Phi) is 3.38. The van der Waals surface area contributed by atoms with Crippen molar-refractivity contribution in [1.82, 2.24) is 15.5 Å². The number of aliphatic imine (C=N–C) groups is 1. The summed E-state index contributed by atoms with van der Waals surface area (Å²) in [6, 6.07) is 0. The minimum absolute atomic E-state index is 0.0908. The van der Waals surface area contributed by atoms with Crippen LogP contribution in [0.1, 0.15) is 26.7 Å². The molecule has 1 spiro atoms. The van der Waals surface area contributed by atoms with Gasteiger partial charge < -0.3 is 10.2 Å². The molecule has 1 amide bonds. The number of likely N-dealkylation sites (tertiary alicyclic amines) is 1. The quantitative estimate of drug-likeness (QED) is 0.721. The summed E-state index contributed by atoms with van der Waals surface area (Å²) >= 11 is 0. The van der Waals surface area contributed by atoms with Crippen LogP contribution < -0.4 is 10.6 Å². The van der Waals surface area contributed by atoms with E-state index in [-0.39, 0.29) is 5.91 Å². The standard InChI is InChI=1S/C12H22N4O/c1-9(2)8-13-11-14-10(17)12(15-11)4-6-16(3)7-5-12/h9H,4-8H2,1-3H3,(H2,13,14,15,17). The van der Waals surface area contributed by atoms with E-state index in [0.29, 0.717) is 11.9 Å². The Morgan fingerprint density at radius 2 is 2.06 bits per heavy atom. The number of carbonyl (C=O) groups excluding carboxylic acids is 1. The van der Waals surface area contributed by atoms with Crippen molar-refractivity contribution in [2.24, 2.45) is 10.9 Å². The van der Waals surface area contributed by atoms with E-state index < -0.39 is 5.54 Å². The average molecular weight is 238 g/mol. The molecule has 17 heavy (non-hydrogen) atoms. The fourth-order valence-electron chi connectivity index (χ4n) is 2.25. The van der Waals surface area contributed by atoms with Gasteiger partial charge >= 0.3 is 0 Å². The molecule has 0 bridgehead atoms. The van der Waals surface area contributed by atoms with E-state index >= 15 is 0 Å². The lowest BCUT2D eigenvalue weighted by molar-refractivity contribution is -0.125. The normalized spacial score (nSPS) is 26.6. The van der Waals surface area contributed by atoms with Gasteiger partial charge in [-0.05, 0) is 25.8 Å². The Morgan fingerprint density at radius 3 is 2.65 bits per heavy atom. The van der Waals surface area contributed by atoms with Gasteiger partial charge in [-0.15, -0.1) is 0 Å². The minimum atomic E-state index is -0.400. The van der Waals surface area contributed by atoms with Crippen molar-refractivity contribution in [1.29, 1.82) is 0 Å². The van der Waals surface area contributed by atoms with Crippen molar-refractivity contribution in [3.8, 4) is 0 Å². The molecule has 0 aromatic heterocycles. The van der Waals surface area contributed by atoms with E-state index in [1.807, 2.05) is 0 Å². The first-order valence-electron chi connectivity index (χ1n) is 6.34. The summed E-state index contributed by atoms with van der Waals surface area (Å²) < 4.78 is 0. The fraction of sp³-hybridized carbons (Fsp3) is 0.833. The van der Waals surface area contributed by atoms with E-state index in [4.69, 9.17) is 0 Å². The van der Waals surface area contributed by atoms with Crippen molar-refractivity contribution >= 4 is 11.9 Å². The number of carbonyl (C=O) groups is 1. The molecule has 0 unspecified atom stereocenters. The lowest BCUT2D eigenvalue weighted by atomic mass is 9.88. The zero-order chi connectivity index (χ0) is 12.5. The largest absolute Gasteiger partial charge is 0.342 e. The predicted octanol–water partition coefficient (Wildman–Crippen LogP) is 0.182. The van der Waals surface area contributed by atoms with Gasteiger partial charge in [-0.2, -0.15) is 0 Å². The Bertz CT molecular complexity index is 329. The van der Waals surface area contributed by atoms with Crippen LogP contribution in [0.2, 0.25) is 0 Å². The van der Waals surface area contributed by atoms with Crippen LogP contribution >= 0.6 is 0 Å². The van der Waals surface area contributed by atoms with Crippen LogP contribution in [0.3, 0.4) is 0 Å². The number of amides is 1. The molecule has 2 aliphatic heterocycles. The zero-order valence-electron chi connectivity index (χ0n) is 10.9. The van der Waals surface area contributed by atoms with Crippen molar-refractivity contribution in [3.05, 3.63) is 0 Å². The van der Waals surface area contributed by atoms with Crippen LogP contribution in [0.4, 0.5) is 0 Å². The highest BCUT2D eigenvalue weighted by atomic mass is 16.2. The molecule has 2 fully saturated rings. The van der Waals surface area contributed by atoms with Crippen LogP contribution in [0.25, 0.3) is 0 Å². The SMILES string of the molecule is CC(C)CN=C1NC(=O)C2(CCN(C)CC2)N1. The molecule has 2 N–H and O–H groups in total. The van der Waals surface area contributed by atoms with Crippen molar-refractivity contribution in [3.63, 3.8) is 0 Å². The van der Waals surface area contributed by atoms with Gasteiger partial charge in [-0.1, -0.05) is 13.8 Å². The molecular formula is C12H22N4O. The number of nitrogens with one attached hydrogen (secondary N) is 2. The third kappa shape index (κ3) is 2.60. The van der Waals surface area contributed by atoms with E-state index in [9.17, 15) is 4.79 Å². The average Bonchev–Trinajstić information content (AvgIpc) is 2.58. The number of guanidine groups is 1. The topological polar surface area (TPSA) is 56.7 Å². The molecule has 0 saturated carbocycles. The fourth-order valence-corrected chi connectivity index (χ4v) is 2.25. The maximum atomic E-state index is 12.0. The van der Waals surface area contributed by atoms with E-state index in [0.717, 1.165) is 32.5 Å². The zero-order valence-corrected chi connectivity index (χ0v) is 10.9. The van der Waals surface area contributed by atoms with Gasteiger partial charge in [0.15, 0.2) is 5.96 Å². The van der Waals surface area contributed by atoms with Crippen LogP contribution in [-0.2, 0) is 4.79 Å². The Balaban J connectivity index is 2.02. The molecule has 2 aliphatic rings. The van der Waals surface area contributed by atoms with Gasteiger partial charge in [0.1, 0.15) is 5.54 Å². The molecule has 2 heterocycles. The highest BCUT2D eigenvalue weighted by molar-refractivity contribution is 6.09. The summed E-state index contributed by atoms with van der Waals surface area (Å²) in [4.78, 5) is 18.7. The highest BCUT2D eigenvalue weighted by Crippen LogP contribution is 2.24. The highest BCUT2D eigenvalue weighted by Gasteiger charge is 2.46. The van der Waals surface area contributed by atoms with Crippen molar-refractivity contribution in [2.45, 2.75) is 32.2 Å². The molecule has 2 rings (SSSR count). The van der Waals surface area contributed by atoms with Crippen molar-refractivity contribution in [2.75, 3.05) is 26.7 Å². The second-order valence-electron chi connectivity index (χ2n) is 5.55. The summed E-state index contributed by atoms with van der Waals surface area (Å²) in [7, 11) is 2.09. The van der Waals surface area contributed by atoms with Gasteiger partial charge in [-0.25, -0.2) is 0 Å². The second-order valence-corrected chi connectivity index (χ2v) is 5.55. The molecule has 0 aromatic carbocycles. The Labute approximate surface area is 103 Å². The Morgan fingerprint density at radius 1 is 1.41 bits per heavy atom. The molecular weight excluding hydrogens is 216 g/mol. The first-order valence-corrected chi connectivity index (χ1v) is 6.34. The Hall–Kier alpha value is -1.10. The van der Waals surface area contributed by atoms with Crippen LogP contribution in [0.5, 0.6) is 0 Å². The molecule has 2 saturated heterocycles. The lowest BCUT2D eigenvalue weighted by Gasteiger charge is -2.35. The van der Waals surface area contributed by atoms with Gasteiger partial charge in [-0.3, -0.25) is 15.1 Å². The van der Waals surface area contributed by atoms with E-state index in [1.165, 1.54) is 0 Å². The summed E-state index contributed by atoms with van der Waals surface area (Å²) in [5.74, 6) is 1.26. The molecule has 0 atom stereocenters. The third-order valence-electron chi connectivity index (χ3n) is 3.48. The van der Waals surface area contributed by atoms with Gasteiger partial charge in [0.05, 0.1) is 0 Å². The van der Waals surface area contributed by atoms with Crippen LogP contribution in [0, 0.1) is 5.92 Å². The van der Waals surface area contributed by atoms with Gasteiger partial charge in [0, 0.05) is 19.6 Å². The summed E-state index contributed by atoms with van der Waals surface area (Å²) in [5, 5.41) is 6.16. The maximum absolute atomic E-state index is 12.0. The van der Waals surface area contributed by atoms with E-state index in [1.54, 1.807) is 0 Å². The van der Waals surface area contributed by atoms with Crippen LogP contribution in [0.15, 0.2) is 4.99 Å². The third-order valence-corrected chi connectivity index (χ3v) is 3.48. The number of hydrogen-bond acceptors (Lipinski definition) is 3. The minimum Gasteiger partial charge on any atom is -0.342 e. The molecule has 0 aliphatic carbocycles.